The molecule has 1 aliphatic rings. The van der Waals surface area contributed by atoms with Gasteiger partial charge in [-0.05, 0) is 37.8 Å². The minimum absolute atomic E-state index is 0.746. The van der Waals surface area contributed by atoms with Crippen molar-refractivity contribution in [1.29, 1.82) is 0 Å². The third kappa shape index (κ3) is 4.00. The van der Waals surface area contributed by atoms with E-state index in [1.54, 1.807) is 14.2 Å². The second-order valence-electron chi connectivity index (χ2n) is 7.88. The number of hydrogen-bond donors (Lipinski definition) is 2. The highest BCUT2D eigenvalue weighted by Crippen LogP contribution is 2.32. The van der Waals surface area contributed by atoms with Gasteiger partial charge in [-0.3, -0.25) is 0 Å². The lowest BCUT2D eigenvalue weighted by Crippen LogP contribution is -3.06. The first kappa shape index (κ1) is 19.5. The molecule has 0 amide bonds. The largest absolute Gasteiger partial charge is 0.497 e. The van der Waals surface area contributed by atoms with Crippen LogP contribution in [0.1, 0.15) is 24.1 Å². The topological polar surface area (TPSA) is 65.1 Å². The Morgan fingerprint density at radius 3 is 2.45 bits per heavy atom. The summed E-state index contributed by atoms with van der Waals surface area (Å²) in [6.45, 7) is 1.94. The van der Waals surface area contributed by atoms with E-state index in [2.05, 4.69) is 19.4 Å². The van der Waals surface area contributed by atoms with E-state index in [1.165, 1.54) is 29.0 Å². The number of quaternary nitrogens is 1. The van der Waals surface area contributed by atoms with Gasteiger partial charge in [0.25, 0.3) is 0 Å². The Balaban J connectivity index is 1.80. The van der Waals surface area contributed by atoms with Crippen molar-refractivity contribution in [1.82, 2.24) is 14.6 Å². The molecule has 0 fully saturated rings. The Bertz CT molecular complexity index is 990. The van der Waals surface area contributed by atoms with E-state index in [0.29, 0.717) is 0 Å². The maximum Gasteiger partial charge on any atom is 0.158 e. The lowest BCUT2D eigenvalue weighted by atomic mass is 9.96. The SMILES string of the molecule is COc1cc(OC)cc(-c2cc3nc4c(c(NCC[NH+](C)C)n3n2)CCCC4)c1. The molecule has 0 saturated carbocycles. The van der Waals surface area contributed by atoms with Gasteiger partial charge in [0, 0.05) is 29.0 Å². The molecule has 2 aromatic heterocycles. The quantitative estimate of drug-likeness (QED) is 0.638. The maximum absolute atomic E-state index is 5.43. The molecular formula is C22H30N5O2+. The molecule has 1 aromatic carbocycles. The fourth-order valence-corrected chi connectivity index (χ4v) is 3.86. The second-order valence-corrected chi connectivity index (χ2v) is 7.88. The molecule has 0 spiro atoms. The van der Waals surface area contributed by atoms with Crippen LogP contribution in [0, 0.1) is 0 Å². The summed E-state index contributed by atoms with van der Waals surface area (Å²) in [5.74, 6) is 2.58. The van der Waals surface area contributed by atoms with Crippen molar-refractivity contribution in [3.8, 4) is 22.8 Å². The van der Waals surface area contributed by atoms with Crippen molar-refractivity contribution in [3.05, 3.63) is 35.5 Å². The summed E-state index contributed by atoms with van der Waals surface area (Å²) in [6, 6.07) is 7.87. The zero-order chi connectivity index (χ0) is 20.4. The van der Waals surface area contributed by atoms with Gasteiger partial charge in [-0.25, -0.2) is 4.98 Å². The van der Waals surface area contributed by atoms with Crippen molar-refractivity contribution in [2.24, 2.45) is 0 Å². The predicted octanol–water partition coefficient (Wildman–Crippen LogP) is 1.85. The smallest absolute Gasteiger partial charge is 0.158 e. The number of aryl methyl sites for hydroxylation is 1. The summed E-state index contributed by atoms with van der Waals surface area (Å²) >= 11 is 0. The highest BCUT2D eigenvalue weighted by molar-refractivity contribution is 5.69. The number of nitrogens with one attached hydrogen (secondary N) is 2. The highest BCUT2D eigenvalue weighted by Gasteiger charge is 2.20. The number of aromatic nitrogens is 3. The van der Waals surface area contributed by atoms with Gasteiger partial charge in [-0.2, -0.15) is 9.61 Å². The lowest BCUT2D eigenvalue weighted by Gasteiger charge is -2.20. The predicted molar refractivity (Wildman–Crippen MR) is 114 cm³/mol. The van der Waals surface area contributed by atoms with Crippen LogP contribution in [-0.4, -0.2) is 56.0 Å². The standard InChI is InChI=1S/C22H29N5O2/c1-26(2)10-9-23-22-18-7-5-6-8-19(18)24-21-14-20(25-27(21)22)15-11-16(28-3)13-17(12-15)29-4/h11-14,23H,5-10H2,1-4H3/p+1. The van der Waals surface area contributed by atoms with E-state index in [-0.39, 0.29) is 0 Å². The summed E-state index contributed by atoms with van der Waals surface area (Å²) in [5.41, 5.74) is 5.21. The van der Waals surface area contributed by atoms with Crippen LogP contribution in [0.3, 0.4) is 0 Å². The molecule has 7 nitrogen and oxygen atoms in total. The normalized spacial score (nSPS) is 13.6. The molecule has 0 radical (unpaired) electrons. The molecule has 7 heteroatoms. The highest BCUT2D eigenvalue weighted by atomic mass is 16.5. The second kappa shape index (κ2) is 8.29. The molecule has 0 atom stereocenters. The van der Waals surface area contributed by atoms with E-state index < -0.39 is 0 Å². The molecule has 2 heterocycles. The van der Waals surface area contributed by atoms with Gasteiger partial charge in [-0.15, -0.1) is 0 Å². The minimum atomic E-state index is 0.746. The first-order valence-corrected chi connectivity index (χ1v) is 10.3. The van der Waals surface area contributed by atoms with Crippen molar-refractivity contribution in [2.45, 2.75) is 25.7 Å². The molecular weight excluding hydrogens is 366 g/mol. The van der Waals surface area contributed by atoms with E-state index in [0.717, 1.165) is 60.2 Å². The van der Waals surface area contributed by atoms with Crippen LogP contribution in [0.4, 0.5) is 5.82 Å². The molecule has 0 saturated heterocycles. The molecule has 1 aliphatic carbocycles. The molecule has 154 valence electrons. The summed E-state index contributed by atoms with van der Waals surface area (Å²) in [4.78, 5) is 6.36. The first-order chi connectivity index (χ1) is 14.1. The fourth-order valence-electron chi connectivity index (χ4n) is 3.86. The van der Waals surface area contributed by atoms with Gasteiger partial charge < -0.3 is 19.7 Å². The minimum Gasteiger partial charge on any atom is -0.497 e. The number of anilines is 1. The van der Waals surface area contributed by atoms with Crippen LogP contribution in [0.15, 0.2) is 24.3 Å². The Kier molecular flexibility index (Phi) is 5.58. The summed E-state index contributed by atoms with van der Waals surface area (Å²) in [7, 11) is 7.65. The average Bonchev–Trinajstić information content (AvgIpc) is 3.16. The molecule has 0 bridgehead atoms. The summed E-state index contributed by atoms with van der Waals surface area (Å²) in [6.07, 6.45) is 4.49. The Hall–Kier alpha value is -2.80. The van der Waals surface area contributed by atoms with Gasteiger partial charge in [0.15, 0.2) is 5.65 Å². The summed E-state index contributed by atoms with van der Waals surface area (Å²) < 4.78 is 12.8. The van der Waals surface area contributed by atoms with Crippen LogP contribution in [0.2, 0.25) is 0 Å². The zero-order valence-electron chi connectivity index (χ0n) is 17.7. The van der Waals surface area contributed by atoms with Crippen LogP contribution in [0.25, 0.3) is 16.9 Å². The molecule has 4 rings (SSSR count). The van der Waals surface area contributed by atoms with Crippen LogP contribution < -0.4 is 19.7 Å². The molecule has 29 heavy (non-hydrogen) atoms. The number of hydrogen-bond acceptors (Lipinski definition) is 5. The van der Waals surface area contributed by atoms with Crippen LogP contribution >= 0.6 is 0 Å². The Morgan fingerprint density at radius 1 is 1.03 bits per heavy atom. The van der Waals surface area contributed by atoms with Gasteiger partial charge in [0.2, 0.25) is 0 Å². The monoisotopic (exact) mass is 396 g/mol. The van der Waals surface area contributed by atoms with Gasteiger partial charge in [0.05, 0.1) is 47.1 Å². The zero-order valence-corrected chi connectivity index (χ0v) is 17.7. The van der Waals surface area contributed by atoms with Crippen molar-refractivity contribution in [3.63, 3.8) is 0 Å². The number of rotatable bonds is 7. The van der Waals surface area contributed by atoms with E-state index in [9.17, 15) is 0 Å². The average molecular weight is 397 g/mol. The number of methoxy groups -OCH3 is 2. The third-order valence-corrected chi connectivity index (χ3v) is 5.44. The molecule has 0 aliphatic heterocycles. The molecule has 2 N–H and O–H groups in total. The van der Waals surface area contributed by atoms with E-state index >= 15 is 0 Å². The number of nitrogens with zero attached hydrogens (tertiary/aromatic N) is 3. The van der Waals surface area contributed by atoms with Gasteiger partial charge >= 0.3 is 0 Å². The van der Waals surface area contributed by atoms with E-state index in [4.69, 9.17) is 19.6 Å². The number of ether oxygens (including phenoxy) is 2. The van der Waals surface area contributed by atoms with Crippen LogP contribution in [-0.2, 0) is 12.8 Å². The van der Waals surface area contributed by atoms with Crippen molar-refractivity contribution >= 4 is 11.5 Å². The Morgan fingerprint density at radius 2 is 1.76 bits per heavy atom. The van der Waals surface area contributed by atoms with Crippen molar-refractivity contribution in [2.75, 3.05) is 46.7 Å². The number of fused-ring (bicyclic) bond motifs is 2. The first-order valence-electron chi connectivity index (χ1n) is 10.3. The number of benzene rings is 1. The summed E-state index contributed by atoms with van der Waals surface area (Å²) in [5, 5.41) is 8.56. The maximum atomic E-state index is 5.43. The van der Waals surface area contributed by atoms with Crippen LogP contribution in [0.5, 0.6) is 11.5 Å². The van der Waals surface area contributed by atoms with E-state index in [1.807, 2.05) is 28.8 Å². The lowest BCUT2D eigenvalue weighted by molar-refractivity contribution is -0.856. The van der Waals surface area contributed by atoms with Crippen molar-refractivity contribution < 1.29 is 14.4 Å². The number of likely N-dealkylation sites (N-methyl/N-ethyl adjacent to an activating group) is 1. The molecule has 0 unspecified atom stereocenters. The Labute approximate surface area is 171 Å². The van der Waals surface area contributed by atoms with Gasteiger partial charge in [0.1, 0.15) is 17.3 Å². The molecule has 3 aromatic rings. The third-order valence-electron chi connectivity index (χ3n) is 5.44. The fraction of sp³-hybridized carbons (Fsp3) is 0.455. The van der Waals surface area contributed by atoms with Gasteiger partial charge in [-0.1, -0.05) is 0 Å².